The van der Waals surface area contributed by atoms with Crippen LogP contribution in [0.5, 0.6) is 0 Å². The molecular formula is C14H20N2O2. The van der Waals surface area contributed by atoms with Gasteiger partial charge in [-0.2, -0.15) is 0 Å². The molecule has 1 aromatic rings. The molecule has 18 heavy (non-hydrogen) atoms. The second kappa shape index (κ2) is 5.98. The van der Waals surface area contributed by atoms with Crippen molar-refractivity contribution in [2.24, 2.45) is 0 Å². The second-order valence-electron chi connectivity index (χ2n) is 4.77. The lowest BCUT2D eigenvalue weighted by Crippen LogP contribution is -2.49. The summed E-state index contributed by atoms with van der Waals surface area (Å²) in [5.41, 5.74) is 0.893. The Morgan fingerprint density at radius 1 is 1.22 bits per heavy atom. The standard InChI is InChI=1S/C14H20N2O2/c1-15-7-9-16(10-8-15)14(18)13(11-17)12-5-3-2-4-6-12/h2-6,13,17H,7-11H2,1H3. The van der Waals surface area contributed by atoms with Gasteiger partial charge in [0.2, 0.25) is 5.91 Å². The number of aliphatic hydroxyl groups excluding tert-OH is 1. The number of nitrogens with zero attached hydrogens (tertiary/aromatic N) is 2. The summed E-state index contributed by atoms with van der Waals surface area (Å²) in [5.74, 6) is -0.383. The molecule has 1 aliphatic heterocycles. The van der Waals surface area contributed by atoms with E-state index in [-0.39, 0.29) is 12.5 Å². The SMILES string of the molecule is CN1CCN(C(=O)C(CO)c2ccccc2)CC1. The zero-order valence-electron chi connectivity index (χ0n) is 10.7. The van der Waals surface area contributed by atoms with E-state index in [4.69, 9.17) is 0 Å². The zero-order valence-corrected chi connectivity index (χ0v) is 10.7. The van der Waals surface area contributed by atoms with E-state index in [0.29, 0.717) is 0 Å². The van der Waals surface area contributed by atoms with E-state index in [1.165, 1.54) is 0 Å². The Kier molecular flexibility index (Phi) is 4.33. The highest BCUT2D eigenvalue weighted by Crippen LogP contribution is 2.18. The number of hydrogen-bond donors (Lipinski definition) is 1. The van der Waals surface area contributed by atoms with Crippen LogP contribution in [-0.4, -0.2) is 60.6 Å². The number of likely N-dealkylation sites (N-methyl/N-ethyl adjacent to an activating group) is 1. The summed E-state index contributed by atoms with van der Waals surface area (Å²) in [6, 6.07) is 9.51. The molecule has 1 saturated heterocycles. The molecule has 2 rings (SSSR count). The molecule has 0 radical (unpaired) electrons. The molecule has 1 aromatic carbocycles. The lowest BCUT2D eigenvalue weighted by atomic mass is 9.98. The third-order valence-corrected chi connectivity index (χ3v) is 3.50. The predicted octanol–water partition coefficient (Wildman–Crippen LogP) is 0.536. The number of hydrogen-bond acceptors (Lipinski definition) is 3. The summed E-state index contributed by atoms with van der Waals surface area (Å²) in [4.78, 5) is 16.4. The zero-order chi connectivity index (χ0) is 13.0. The second-order valence-corrected chi connectivity index (χ2v) is 4.77. The molecule has 4 heteroatoms. The summed E-state index contributed by atoms with van der Waals surface area (Å²) >= 11 is 0. The van der Waals surface area contributed by atoms with Crippen LogP contribution in [0.15, 0.2) is 30.3 Å². The Hall–Kier alpha value is -1.39. The molecule has 1 N–H and O–H groups in total. The normalized spacial score (nSPS) is 18.7. The third kappa shape index (κ3) is 2.89. The largest absolute Gasteiger partial charge is 0.395 e. The van der Waals surface area contributed by atoms with Crippen LogP contribution in [0.1, 0.15) is 11.5 Å². The van der Waals surface area contributed by atoms with Gasteiger partial charge >= 0.3 is 0 Å². The third-order valence-electron chi connectivity index (χ3n) is 3.50. The van der Waals surface area contributed by atoms with Crippen molar-refractivity contribution >= 4 is 5.91 Å². The smallest absolute Gasteiger partial charge is 0.232 e. The molecule has 0 aliphatic carbocycles. The molecule has 0 bridgehead atoms. The van der Waals surface area contributed by atoms with E-state index in [0.717, 1.165) is 31.7 Å². The van der Waals surface area contributed by atoms with E-state index in [2.05, 4.69) is 11.9 Å². The molecule has 1 unspecified atom stereocenters. The molecule has 1 amide bonds. The summed E-state index contributed by atoms with van der Waals surface area (Å²) < 4.78 is 0. The Labute approximate surface area is 108 Å². The average molecular weight is 248 g/mol. The number of piperazine rings is 1. The van der Waals surface area contributed by atoms with Crippen LogP contribution >= 0.6 is 0 Å². The quantitative estimate of drug-likeness (QED) is 0.849. The summed E-state index contributed by atoms with van der Waals surface area (Å²) in [5, 5.41) is 9.47. The monoisotopic (exact) mass is 248 g/mol. The highest BCUT2D eigenvalue weighted by Gasteiger charge is 2.27. The average Bonchev–Trinajstić information content (AvgIpc) is 2.41. The molecule has 0 spiro atoms. The van der Waals surface area contributed by atoms with Crippen molar-refractivity contribution in [1.82, 2.24) is 9.80 Å². The molecule has 1 aliphatic rings. The van der Waals surface area contributed by atoms with Gasteiger partial charge in [-0.05, 0) is 12.6 Å². The number of benzene rings is 1. The maximum absolute atomic E-state index is 12.4. The predicted molar refractivity (Wildman–Crippen MR) is 70.3 cm³/mol. The van der Waals surface area contributed by atoms with Gasteiger partial charge in [0, 0.05) is 26.2 Å². The van der Waals surface area contributed by atoms with E-state index in [1.54, 1.807) is 0 Å². The van der Waals surface area contributed by atoms with Gasteiger partial charge in [-0.1, -0.05) is 30.3 Å². The van der Waals surface area contributed by atoms with Crippen LogP contribution in [0.25, 0.3) is 0 Å². The van der Waals surface area contributed by atoms with Crippen LogP contribution < -0.4 is 0 Å². The fraction of sp³-hybridized carbons (Fsp3) is 0.500. The van der Waals surface area contributed by atoms with Crippen molar-refractivity contribution in [1.29, 1.82) is 0 Å². The molecule has 4 nitrogen and oxygen atoms in total. The fourth-order valence-electron chi connectivity index (χ4n) is 2.26. The fourth-order valence-corrected chi connectivity index (χ4v) is 2.26. The molecule has 1 fully saturated rings. The van der Waals surface area contributed by atoms with Gasteiger partial charge in [0.15, 0.2) is 0 Å². The summed E-state index contributed by atoms with van der Waals surface area (Å²) in [6.07, 6.45) is 0. The van der Waals surface area contributed by atoms with E-state index in [9.17, 15) is 9.90 Å². The van der Waals surface area contributed by atoms with Gasteiger partial charge in [0.25, 0.3) is 0 Å². The highest BCUT2D eigenvalue weighted by molar-refractivity contribution is 5.84. The molecular weight excluding hydrogens is 228 g/mol. The van der Waals surface area contributed by atoms with Crippen molar-refractivity contribution in [3.8, 4) is 0 Å². The van der Waals surface area contributed by atoms with Crippen molar-refractivity contribution in [2.45, 2.75) is 5.92 Å². The van der Waals surface area contributed by atoms with Crippen molar-refractivity contribution < 1.29 is 9.90 Å². The maximum atomic E-state index is 12.4. The van der Waals surface area contributed by atoms with Crippen LogP contribution in [0.3, 0.4) is 0 Å². The van der Waals surface area contributed by atoms with E-state index < -0.39 is 5.92 Å². The molecule has 1 atom stereocenters. The Morgan fingerprint density at radius 3 is 2.39 bits per heavy atom. The minimum Gasteiger partial charge on any atom is -0.395 e. The van der Waals surface area contributed by atoms with Crippen molar-refractivity contribution in [2.75, 3.05) is 39.8 Å². The van der Waals surface area contributed by atoms with Crippen LogP contribution in [0.4, 0.5) is 0 Å². The number of carbonyl (C=O) groups is 1. The van der Waals surface area contributed by atoms with Gasteiger partial charge in [0.1, 0.15) is 0 Å². The maximum Gasteiger partial charge on any atom is 0.232 e. The van der Waals surface area contributed by atoms with Crippen LogP contribution in [-0.2, 0) is 4.79 Å². The summed E-state index contributed by atoms with van der Waals surface area (Å²) in [7, 11) is 2.06. The van der Waals surface area contributed by atoms with E-state index >= 15 is 0 Å². The van der Waals surface area contributed by atoms with Gasteiger partial charge in [0.05, 0.1) is 12.5 Å². The molecule has 0 saturated carbocycles. The van der Waals surface area contributed by atoms with Gasteiger partial charge in [-0.15, -0.1) is 0 Å². The first-order valence-corrected chi connectivity index (χ1v) is 6.35. The van der Waals surface area contributed by atoms with Crippen LogP contribution in [0, 0.1) is 0 Å². The van der Waals surface area contributed by atoms with Gasteiger partial charge in [-0.3, -0.25) is 4.79 Å². The first-order chi connectivity index (χ1) is 8.72. The number of rotatable bonds is 3. The van der Waals surface area contributed by atoms with E-state index in [1.807, 2.05) is 35.2 Å². The Balaban J connectivity index is 2.06. The minimum absolute atomic E-state index is 0.0387. The van der Waals surface area contributed by atoms with Gasteiger partial charge < -0.3 is 14.9 Å². The topological polar surface area (TPSA) is 43.8 Å². The van der Waals surface area contributed by atoms with Crippen molar-refractivity contribution in [3.05, 3.63) is 35.9 Å². The lowest BCUT2D eigenvalue weighted by Gasteiger charge is -2.34. The molecule has 1 heterocycles. The van der Waals surface area contributed by atoms with Gasteiger partial charge in [-0.25, -0.2) is 0 Å². The van der Waals surface area contributed by atoms with Crippen molar-refractivity contribution in [3.63, 3.8) is 0 Å². The van der Waals surface area contributed by atoms with Crippen LogP contribution in [0.2, 0.25) is 0 Å². The highest BCUT2D eigenvalue weighted by atomic mass is 16.3. The number of aliphatic hydroxyl groups is 1. The Morgan fingerprint density at radius 2 is 1.83 bits per heavy atom. The molecule has 0 aromatic heterocycles. The first kappa shape index (κ1) is 13.1. The molecule has 98 valence electrons. The summed E-state index contributed by atoms with van der Waals surface area (Å²) in [6.45, 7) is 3.17. The Bertz CT molecular complexity index is 386. The number of carbonyl (C=O) groups excluding carboxylic acids is 1. The number of amides is 1. The lowest BCUT2D eigenvalue weighted by molar-refractivity contribution is -0.135. The first-order valence-electron chi connectivity index (χ1n) is 6.35. The minimum atomic E-state index is -0.422.